The third-order valence-electron chi connectivity index (χ3n) is 2.26. The van der Waals surface area contributed by atoms with Gasteiger partial charge in [0.1, 0.15) is 0 Å². The maximum absolute atomic E-state index is 11.6. The van der Waals surface area contributed by atoms with Crippen molar-refractivity contribution < 1.29 is 4.79 Å². The molecular formula is C13H10Cl2N2OS. The predicted molar refractivity (Wildman–Crippen MR) is 80.2 cm³/mol. The van der Waals surface area contributed by atoms with E-state index < -0.39 is 0 Å². The molecule has 0 fully saturated rings. The van der Waals surface area contributed by atoms with Crippen LogP contribution in [0.4, 0.5) is 0 Å². The summed E-state index contributed by atoms with van der Waals surface area (Å²) in [6, 6.07) is 8.94. The maximum Gasteiger partial charge on any atom is 0.245 e. The van der Waals surface area contributed by atoms with E-state index >= 15 is 0 Å². The summed E-state index contributed by atoms with van der Waals surface area (Å²) in [4.78, 5) is 12.6. The van der Waals surface area contributed by atoms with Gasteiger partial charge in [0, 0.05) is 4.88 Å². The number of amides is 1. The maximum atomic E-state index is 11.6. The molecule has 0 radical (unpaired) electrons. The summed E-state index contributed by atoms with van der Waals surface area (Å²) in [6.07, 6.45) is 1.85. The van der Waals surface area contributed by atoms with Gasteiger partial charge in [0.15, 0.2) is 0 Å². The van der Waals surface area contributed by atoms with Gasteiger partial charge in [0.25, 0.3) is 0 Å². The molecule has 0 spiro atoms. The average molecular weight is 313 g/mol. The molecule has 0 saturated carbocycles. The molecule has 98 valence electrons. The van der Waals surface area contributed by atoms with E-state index in [-0.39, 0.29) is 5.91 Å². The molecule has 0 unspecified atom stereocenters. The molecule has 0 aliphatic carbocycles. The van der Waals surface area contributed by atoms with Gasteiger partial charge >= 0.3 is 0 Å². The predicted octanol–water partition coefficient (Wildman–Crippen LogP) is 3.75. The third-order valence-corrected chi connectivity index (χ3v) is 3.88. The SMILES string of the molecule is O=C(Cc1cccs1)NN=Cc1ccc(Cl)c(Cl)c1. The zero-order chi connectivity index (χ0) is 13.7. The second-order valence-electron chi connectivity index (χ2n) is 3.72. The van der Waals surface area contributed by atoms with Crippen molar-refractivity contribution in [2.24, 2.45) is 5.10 Å². The summed E-state index contributed by atoms with van der Waals surface area (Å²) < 4.78 is 0. The first-order chi connectivity index (χ1) is 9.15. The number of hydrogen-bond donors (Lipinski definition) is 1. The zero-order valence-corrected chi connectivity index (χ0v) is 12.1. The number of nitrogens with one attached hydrogen (secondary N) is 1. The Hall–Kier alpha value is -1.36. The highest BCUT2D eigenvalue weighted by molar-refractivity contribution is 7.10. The minimum atomic E-state index is -0.154. The van der Waals surface area contributed by atoms with E-state index in [4.69, 9.17) is 23.2 Å². The minimum Gasteiger partial charge on any atom is -0.273 e. The van der Waals surface area contributed by atoms with Crippen molar-refractivity contribution in [2.75, 3.05) is 0 Å². The molecule has 0 bridgehead atoms. The van der Waals surface area contributed by atoms with Gasteiger partial charge in [-0.1, -0.05) is 35.3 Å². The van der Waals surface area contributed by atoms with E-state index in [1.807, 2.05) is 17.5 Å². The number of hydrogen-bond acceptors (Lipinski definition) is 3. The molecule has 1 heterocycles. The minimum absolute atomic E-state index is 0.154. The lowest BCUT2D eigenvalue weighted by Gasteiger charge is -1.99. The summed E-state index contributed by atoms with van der Waals surface area (Å²) in [7, 11) is 0. The second kappa shape index (κ2) is 6.70. The van der Waals surface area contributed by atoms with Crippen LogP contribution >= 0.6 is 34.5 Å². The molecule has 2 rings (SSSR count). The molecule has 0 aliphatic heterocycles. The fraction of sp³-hybridized carbons (Fsp3) is 0.0769. The van der Waals surface area contributed by atoms with Crippen LogP contribution in [0.2, 0.25) is 10.0 Å². The molecule has 1 aromatic carbocycles. The third kappa shape index (κ3) is 4.35. The highest BCUT2D eigenvalue weighted by atomic mass is 35.5. The number of rotatable bonds is 4. The molecule has 0 atom stereocenters. The quantitative estimate of drug-likeness (QED) is 0.678. The Morgan fingerprint density at radius 2 is 2.16 bits per heavy atom. The van der Waals surface area contributed by atoms with Crippen molar-refractivity contribution in [3.05, 3.63) is 56.2 Å². The summed E-state index contributed by atoms with van der Waals surface area (Å²) in [5.74, 6) is -0.154. The molecule has 6 heteroatoms. The second-order valence-corrected chi connectivity index (χ2v) is 5.57. The Morgan fingerprint density at radius 3 is 2.84 bits per heavy atom. The van der Waals surface area contributed by atoms with Gasteiger partial charge in [0.2, 0.25) is 5.91 Å². The van der Waals surface area contributed by atoms with Crippen LogP contribution in [0.25, 0.3) is 0 Å². The van der Waals surface area contributed by atoms with Gasteiger partial charge in [-0.2, -0.15) is 5.10 Å². The average Bonchev–Trinajstić information content (AvgIpc) is 2.86. The Bertz CT molecular complexity index is 597. The van der Waals surface area contributed by atoms with Gasteiger partial charge in [-0.15, -0.1) is 11.3 Å². The van der Waals surface area contributed by atoms with Gasteiger partial charge in [-0.25, -0.2) is 5.43 Å². The summed E-state index contributed by atoms with van der Waals surface area (Å²) in [6.45, 7) is 0. The van der Waals surface area contributed by atoms with Crippen molar-refractivity contribution >= 4 is 46.7 Å². The molecule has 1 amide bonds. The van der Waals surface area contributed by atoms with Crippen molar-refractivity contribution in [1.29, 1.82) is 0 Å². The van der Waals surface area contributed by atoms with E-state index in [0.29, 0.717) is 16.5 Å². The number of benzene rings is 1. The molecule has 19 heavy (non-hydrogen) atoms. The zero-order valence-electron chi connectivity index (χ0n) is 9.77. The van der Waals surface area contributed by atoms with Crippen LogP contribution in [0.3, 0.4) is 0 Å². The fourth-order valence-corrected chi connectivity index (χ4v) is 2.39. The van der Waals surface area contributed by atoms with E-state index in [1.54, 1.807) is 18.2 Å². The highest BCUT2D eigenvalue weighted by Crippen LogP contribution is 2.21. The van der Waals surface area contributed by atoms with Crippen LogP contribution in [-0.4, -0.2) is 12.1 Å². The molecule has 3 nitrogen and oxygen atoms in total. The fourth-order valence-electron chi connectivity index (χ4n) is 1.38. The standard InChI is InChI=1S/C13H10Cl2N2OS/c14-11-4-3-9(6-12(11)15)8-16-17-13(18)7-10-2-1-5-19-10/h1-6,8H,7H2,(H,17,18). The van der Waals surface area contributed by atoms with Gasteiger partial charge in [0.05, 0.1) is 22.7 Å². The molecule has 1 N–H and O–H groups in total. The number of carbonyl (C=O) groups is 1. The Morgan fingerprint density at radius 1 is 1.32 bits per heavy atom. The summed E-state index contributed by atoms with van der Waals surface area (Å²) >= 11 is 13.2. The van der Waals surface area contributed by atoms with Crippen LogP contribution in [0.15, 0.2) is 40.8 Å². The lowest BCUT2D eigenvalue weighted by molar-refractivity contribution is -0.120. The lowest BCUT2D eigenvalue weighted by atomic mass is 10.2. The smallest absolute Gasteiger partial charge is 0.245 e. The number of thiophene rings is 1. The van der Waals surface area contributed by atoms with Crippen LogP contribution in [0.5, 0.6) is 0 Å². The van der Waals surface area contributed by atoms with Gasteiger partial charge < -0.3 is 0 Å². The lowest BCUT2D eigenvalue weighted by Crippen LogP contribution is -2.19. The van der Waals surface area contributed by atoms with Gasteiger partial charge in [-0.3, -0.25) is 4.79 Å². The monoisotopic (exact) mass is 312 g/mol. The molecule has 1 aromatic heterocycles. The molecular weight excluding hydrogens is 303 g/mol. The van der Waals surface area contributed by atoms with Crippen molar-refractivity contribution in [3.63, 3.8) is 0 Å². The van der Waals surface area contributed by atoms with Crippen LogP contribution in [-0.2, 0) is 11.2 Å². The van der Waals surface area contributed by atoms with Crippen molar-refractivity contribution in [3.8, 4) is 0 Å². The van der Waals surface area contributed by atoms with E-state index in [2.05, 4.69) is 10.5 Å². The molecule has 2 aromatic rings. The van der Waals surface area contributed by atoms with Crippen LogP contribution < -0.4 is 5.43 Å². The van der Waals surface area contributed by atoms with E-state index in [9.17, 15) is 4.79 Å². The van der Waals surface area contributed by atoms with Crippen LogP contribution in [0, 0.1) is 0 Å². The Balaban J connectivity index is 1.89. The molecule has 0 aliphatic rings. The first kappa shape index (κ1) is 14.1. The number of hydrazone groups is 1. The Kier molecular flexibility index (Phi) is 4.96. The number of nitrogens with zero attached hydrogens (tertiary/aromatic N) is 1. The first-order valence-corrected chi connectivity index (χ1v) is 7.08. The summed E-state index contributed by atoms with van der Waals surface area (Å²) in [5, 5.41) is 6.74. The van der Waals surface area contributed by atoms with Gasteiger partial charge in [-0.05, 0) is 29.1 Å². The number of carbonyl (C=O) groups excluding carboxylic acids is 1. The van der Waals surface area contributed by atoms with Crippen molar-refractivity contribution in [2.45, 2.75) is 6.42 Å². The van der Waals surface area contributed by atoms with E-state index in [1.165, 1.54) is 17.6 Å². The largest absolute Gasteiger partial charge is 0.273 e. The van der Waals surface area contributed by atoms with E-state index in [0.717, 1.165) is 10.4 Å². The first-order valence-electron chi connectivity index (χ1n) is 5.44. The highest BCUT2D eigenvalue weighted by Gasteiger charge is 2.02. The molecule has 0 saturated heterocycles. The number of halogens is 2. The summed E-state index contributed by atoms with van der Waals surface area (Å²) in [5.41, 5.74) is 3.23. The Labute approximate surface area is 124 Å². The van der Waals surface area contributed by atoms with Crippen molar-refractivity contribution in [1.82, 2.24) is 5.43 Å². The normalized spacial score (nSPS) is 10.8. The topological polar surface area (TPSA) is 41.5 Å². The van der Waals surface area contributed by atoms with Crippen LogP contribution in [0.1, 0.15) is 10.4 Å².